The molecule has 0 saturated carbocycles. The van der Waals surface area contributed by atoms with Gasteiger partial charge in [0.1, 0.15) is 6.04 Å². The molecule has 9 heteroatoms. The summed E-state index contributed by atoms with van der Waals surface area (Å²) in [6.07, 6.45) is 0.308. The molecule has 1 heterocycles. The fourth-order valence-corrected chi connectivity index (χ4v) is 4.79. The first kappa shape index (κ1) is 27.3. The lowest BCUT2D eigenvalue weighted by Crippen LogP contribution is -2.55. The van der Waals surface area contributed by atoms with Crippen molar-refractivity contribution in [3.63, 3.8) is 0 Å². The molecule has 190 valence electrons. The molecular weight excluding hydrogens is 487 g/mol. The van der Waals surface area contributed by atoms with E-state index in [0.717, 1.165) is 12.1 Å². The highest BCUT2D eigenvalue weighted by molar-refractivity contribution is 6.35. The molecule has 2 N–H and O–H groups in total. The van der Waals surface area contributed by atoms with Crippen molar-refractivity contribution in [2.45, 2.75) is 38.9 Å². The van der Waals surface area contributed by atoms with Crippen molar-refractivity contribution < 1.29 is 14.3 Å². The Labute approximate surface area is 217 Å². The van der Waals surface area contributed by atoms with E-state index in [1.54, 1.807) is 25.3 Å². The smallest absolute Gasteiger partial charge is 0.245 e. The summed E-state index contributed by atoms with van der Waals surface area (Å²) >= 11 is 12.3. The van der Waals surface area contributed by atoms with Crippen LogP contribution < -0.4 is 15.5 Å². The third-order valence-corrected chi connectivity index (χ3v) is 6.68. The van der Waals surface area contributed by atoms with Crippen molar-refractivity contribution in [1.29, 1.82) is 0 Å². The summed E-state index contributed by atoms with van der Waals surface area (Å²) < 4.78 is 5.22. The third kappa shape index (κ3) is 7.84. The van der Waals surface area contributed by atoms with E-state index in [2.05, 4.69) is 34.6 Å². The second-order valence-electron chi connectivity index (χ2n) is 8.87. The molecule has 2 amide bonds. The molecule has 35 heavy (non-hydrogen) atoms. The molecule has 2 aromatic carbocycles. The second kappa shape index (κ2) is 13.1. The van der Waals surface area contributed by atoms with Crippen LogP contribution in [0.15, 0.2) is 42.5 Å². The summed E-state index contributed by atoms with van der Waals surface area (Å²) in [6.45, 7) is 7.48. The summed E-state index contributed by atoms with van der Waals surface area (Å²) in [5, 5.41) is 7.31. The fourth-order valence-electron chi connectivity index (χ4n) is 4.30. The Hall–Kier alpha value is -2.32. The van der Waals surface area contributed by atoms with Crippen LogP contribution in [0.25, 0.3) is 0 Å². The number of rotatable bonds is 10. The van der Waals surface area contributed by atoms with Gasteiger partial charge in [-0.25, -0.2) is 0 Å². The van der Waals surface area contributed by atoms with Crippen LogP contribution in [0.1, 0.15) is 25.0 Å². The van der Waals surface area contributed by atoms with E-state index in [1.807, 2.05) is 17.0 Å². The van der Waals surface area contributed by atoms with Gasteiger partial charge in [0.15, 0.2) is 0 Å². The standard InChI is InChI=1S/C26H34Cl2N4O3/c1-18(17-35-3)29-16-21-6-4-5-7-25(21)31-10-12-32(13-11-31)26(34)24(30-19(2)33)14-20-8-9-22(27)15-23(20)28/h4-9,15,18,24,29H,10-14,16-17H2,1-3H3,(H,30,33)/t18?,24-/m1/s1. The minimum Gasteiger partial charge on any atom is -0.383 e. The van der Waals surface area contributed by atoms with Gasteiger partial charge in [0, 0.05) is 75.0 Å². The molecule has 2 aromatic rings. The highest BCUT2D eigenvalue weighted by atomic mass is 35.5. The van der Waals surface area contributed by atoms with Crippen LogP contribution in [0.2, 0.25) is 10.0 Å². The predicted octanol–water partition coefficient (Wildman–Crippen LogP) is 3.51. The lowest BCUT2D eigenvalue weighted by Gasteiger charge is -2.38. The van der Waals surface area contributed by atoms with Gasteiger partial charge in [-0.2, -0.15) is 0 Å². The number of benzene rings is 2. The molecule has 0 bridgehead atoms. The van der Waals surface area contributed by atoms with Gasteiger partial charge >= 0.3 is 0 Å². The van der Waals surface area contributed by atoms with Crippen LogP contribution in [0.4, 0.5) is 5.69 Å². The van der Waals surface area contributed by atoms with E-state index in [1.165, 1.54) is 18.2 Å². The van der Waals surface area contributed by atoms with E-state index in [-0.39, 0.29) is 17.9 Å². The quantitative estimate of drug-likeness (QED) is 0.501. The number of halogens is 2. The topological polar surface area (TPSA) is 73.9 Å². The normalized spacial score (nSPS) is 15.6. The van der Waals surface area contributed by atoms with Crippen molar-refractivity contribution in [1.82, 2.24) is 15.5 Å². The molecule has 0 spiro atoms. The molecule has 1 unspecified atom stereocenters. The van der Waals surface area contributed by atoms with Gasteiger partial charge in [0.25, 0.3) is 0 Å². The maximum Gasteiger partial charge on any atom is 0.245 e. The summed E-state index contributed by atoms with van der Waals surface area (Å²) in [6, 6.07) is 13.1. The summed E-state index contributed by atoms with van der Waals surface area (Å²) in [4.78, 5) is 29.3. The lowest BCUT2D eigenvalue weighted by molar-refractivity contribution is -0.136. The zero-order valence-electron chi connectivity index (χ0n) is 20.5. The molecule has 2 atom stereocenters. The zero-order chi connectivity index (χ0) is 25.4. The third-order valence-electron chi connectivity index (χ3n) is 6.10. The highest BCUT2D eigenvalue weighted by Crippen LogP contribution is 2.24. The van der Waals surface area contributed by atoms with Crippen LogP contribution in [-0.4, -0.2) is 68.7 Å². The van der Waals surface area contributed by atoms with Crippen molar-refractivity contribution in [2.75, 3.05) is 44.8 Å². The van der Waals surface area contributed by atoms with Gasteiger partial charge in [-0.1, -0.05) is 47.5 Å². The van der Waals surface area contributed by atoms with Crippen molar-refractivity contribution in [3.05, 3.63) is 63.6 Å². The lowest BCUT2D eigenvalue weighted by atomic mass is 10.0. The molecular formula is C26H34Cl2N4O3. The fraction of sp³-hybridized carbons (Fsp3) is 0.462. The molecule has 7 nitrogen and oxygen atoms in total. The van der Waals surface area contributed by atoms with E-state index < -0.39 is 6.04 Å². The average Bonchev–Trinajstić information content (AvgIpc) is 2.84. The second-order valence-corrected chi connectivity index (χ2v) is 9.71. The molecule has 1 aliphatic rings. The number of anilines is 1. The number of methoxy groups -OCH3 is 1. The molecule has 0 aromatic heterocycles. The van der Waals surface area contributed by atoms with Gasteiger partial charge in [-0.15, -0.1) is 0 Å². The van der Waals surface area contributed by atoms with E-state index in [9.17, 15) is 9.59 Å². The Morgan fingerprint density at radius 2 is 1.77 bits per heavy atom. The summed E-state index contributed by atoms with van der Waals surface area (Å²) in [5.74, 6) is -0.356. The number of piperazine rings is 1. The monoisotopic (exact) mass is 520 g/mol. The molecule has 1 fully saturated rings. The Morgan fingerprint density at radius 1 is 1.06 bits per heavy atom. The van der Waals surface area contributed by atoms with E-state index in [4.69, 9.17) is 27.9 Å². The number of carbonyl (C=O) groups excluding carboxylic acids is 2. The first-order chi connectivity index (χ1) is 16.8. The molecule has 1 aliphatic heterocycles. The van der Waals surface area contributed by atoms with Crippen LogP contribution in [-0.2, 0) is 27.3 Å². The van der Waals surface area contributed by atoms with Crippen LogP contribution in [0.3, 0.4) is 0 Å². The Balaban J connectivity index is 1.64. The molecule has 0 aliphatic carbocycles. The first-order valence-corrected chi connectivity index (χ1v) is 12.6. The molecule has 1 saturated heterocycles. The number of ether oxygens (including phenoxy) is 1. The number of carbonyl (C=O) groups is 2. The maximum absolute atomic E-state index is 13.4. The van der Waals surface area contributed by atoms with Crippen LogP contribution in [0.5, 0.6) is 0 Å². The van der Waals surface area contributed by atoms with E-state index >= 15 is 0 Å². The van der Waals surface area contributed by atoms with Crippen LogP contribution in [0, 0.1) is 0 Å². The number of nitrogens with zero attached hydrogens (tertiary/aromatic N) is 2. The number of amides is 2. The largest absolute Gasteiger partial charge is 0.383 e. The zero-order valence-corrected chi connectivity index (χ0v) is 22.0. The Kier molecular flexibility index (Phi) is 10.2. The minimum absolute atomic E-state index is 0.103. The Morgan fingerprint density at radius 3 is 2.43 bits per heavy atom. The van der Waals surface area contributed by atoms with Gasteiger partial charge in [-0.3, -0.25) is 9.59 Å². The maximum atomic E-state index is 13.4. The van der Waals surface area contributed by atoms with E-state index in [0.29, 0.717) is 49.3 Å². The average molecular weight is 521 g/mol. The molecule has 3 rings (SSSR count). The van der Waals surface area contributed by atoms with Gasteiger partial charge in [0.05, 0.1) is 6.61 Å². The number of nitrogens with one attached hydrogen (secondary N) is 2. The summed E-state index contributed by atoms with van der Waals surface area (Å²) in [5.41, 5.74) is 3.15. The summed E-state index contributed by atoms with van der Waals surface area (Å²) in [7, 11) is 1.70. The van der Waals surface area contributed by atoms with Crippen molar-refractivity contribution in [3.8, 4) is 0 Å². The van der Waals surface area contributed by atoms with Crippen molar-refractivity contribution >= 4 is 40.7 Å². The minimum atomic E-state index is -0.684. The van der Waals surface area contributed by atoms with Crippen molar-refractivity contribution in [2.24, 2.45) is 0 Å². The van der Waals surface area contributed by atoms with Gasteiger partial charge < -0.3 is 25.2 Å². The van der Waals surface area contributed by atoms with Gasteiger partial charge in [0.2, 0.25) is 11.8 Å². The highest BCUT2D eigenvalue weighted by Gasteiger charge is 2.29. The number of hydrogen-bond acceptors (Lipinski definition) is 5. The molecule has 0 radical (unpaired) electrons. The number of hydrogen-bond donors (Lipinski definition) is 2. The first-order valence-electron chi connectivity index (χ1n) is 11.8. The SMILES string of the molecule is COCC(C)NCc1ccccc1N1CCN(C(=O)[C@@H](Cc2ccc(Cl)cc2Cl)NC(C)=O)CC1. The number of para-hydroxylation sites is 1. The van der Waals surface area contributed by atoms with Crippen LogP contribution >= 0.6 is 23.2 Å². The predicted molar refractivity (Wildman–Crippen MR) is 141 cm³/mol. The van der Waals surface area contributed by atoms with Gasteiger partial charge in [-0.05, 0) is 36.2 Å². The Bertz CT molecular complexity index is 1010.